The van der Waals surface area contributed by atoms with Crippen molar-refractivity contribution in [2.75, 3.05) is 44.9 Å². The Labute approximate surface area is 154 Å². The highest BCUT2D eigenvalue weighted by Crippen LogP contribution is 2.33. The molecule has 0 amide bonds. The average Bonchev–Trinajstić information content (AvgIpc) is 2.54. The molecule has 2 N–H and O–H groups in total. The van der Waals surface area contributed by atoms with Gasteiger partial charge < -0.3 is 20.3 Å². The van der Waals surface area contributed by atoms with E-state index in [1.54, 1.807) is 12.1 Å². The standard InChI is InChI=1S/C16H19ClF3N5O/c1-25(2)7-6-21-15-23-13(16(18,19)20)9-14(24-15)22-11-8-10(17)4-5-12(11)26-3/h4-5,8-9H,6-7H2,1-3H3,(H2,21,22,23,24). The maximum Gasteiger partial charge on any atom is 0.433 e. The minimum Gasteiger partial charge on any atom is -0.495 e. The molecular formula is C16H19ClF3N5O. The van der Waals surface area contributed by atoms with Gasteiger partial charge in [-0.15, -0.1) is 0 Å². The molecule has 0 atom stereocenters. The number of anilines is 3. The fourth-order valence-electron chi connectivity index (χ4n) is 2.04. The highest BCUT2D eigenvalue weighted by Gasteiger charge is 2.33. The maximum absolute atomic E-state index is 13.1. The maximum atomic E-state index is 13.1. The molecule has 1 aromatic heterocycles. The number of hydrogen-bond donors (Lipinski definition) is 2. The summed E-state index contributed by atoms with van der Waals surface area (Å²) in [6.07, 6.45) is -4.60. The van der Waals surface area contributed by atoms with Crippen LogP contribution in [0, 0.1) is 0 Å². The van der Waals surface area contributed by atoms with Gasteiger partial charge >= 0.3 is 6.18 Å². The Balaban J connectivity index is 2.33. The van der Waals surface area contributed by atoms with E-state index in [1.807, 2.05) is 19.0 Å². The summed E-state index contributed by atoms with van der Waals surface area (Å²) in [7, 11) is 5.16. The molecule has 6 nitrogen and oxygen atoms in total. The lowest BCUT2D eigenvalue weighted by Gasteiger charge is -2.15. The molecule has 2 aromatic rings. The van der Waals surface area contributed by atoms with E-state index in [9.17, 15) is 13.2 Å². The van der Waals surface area contributed by atoms with Gasteiger partial charge in [0.05, 0.1) is 12.8 Å². The fraction of sp³-hybridized carbons (Fsp3) is 0.375. The summed E-state index contributed by atoms with van der Waals surface area (Å²) in [6, 6.07) is 5.58. The molecule has 2 rings (SSSR count). The lowest BCUT2D eigenvalue weighted by molar-refractivity contribution is -0.141. The number of aromatic nitrogens is 2. The monoisotopic (exact) mass is 389 g/mol. The number of benzene rings is 1. The Bertz CT molecular complexity index is 755. The van der Waals surface area contributed by atoms with Crippen molar-refractivity contribution in [3.05, 3.63) is 35.0 Å². The molecule has 0 fully saturated rings. The van der Waals surface area contributed by atoms with Crippen LogP contribution in [-0.2, 0) is 6.18 Å². The largest absolute Gasteiger partial charge is 0.495 e. The van der Waals surface area contributed by atoms with E-state index in [2.05, 4.69) is 20.6 Å². The first-order valence-electron chi connectivity index (χ1n) is 7.64. The molecule has 1 aromatic carbocycles. The van der Waals surface area contributed by atoms with Gasteiger partial charge in [-0.25, -0.2) is 4.98 Å². The molecule has 0 unspecified atom stereocenters. The van der Waals surface area contributed by atoms with Gasteiger partial charge in [0.25, 0.3) is 0 Å². The molecule has 142 valence electrons. The molecule has 0 radical (unpaired) electrons. The Kier molecular flexibility index (Phi) is 6.49. The van der Waals surface area contributed by atoms with E-state index < -0.39 is 11.9 Å². The summed E-state index contributed by atoms with van der Waals surface area (Å²) in [5.41, 5.74) is -0.658. The van der Waals surface area contributed by atoms with Gasteiger partial charge in [-0.1, -0.05) is 11.6 Å². The minimum absolute atomic E-state index is 0.0276. The summed E-state index contributed by atoms with van der Waals surface area (Å²) >= 11 is 5.95. The highest BCUT2D eigenvalue weighted by atomic mass is 35.5. The zero-order valence-corrected chi connectivity index (χ0v) is 15.2. The third-order valence-corrected chi connectivity index (χ3v) is 3.52. The molecule has 0 aliphatic carbocycles. The van der Waals surface area contributed by atoms with Crippen molar-refractivity contribution < 1.29 is 17.9 Å². The molecule has 26 heavy (non-hydrogen) atoms. The predicted octanol–water partition coefficient (Wildman–Crippen LogP) is 3.87. The van der Waals surface area contributed by atoms with Crippen molar-refractivity contribution in [1.29, 1.82) is 0 Å². The molecule has 0 aliphatic heterocycles. The summed E-state index contributed by atoms with van der Waals surface area (Å²) in [4.78, 5) is 9.52. The third-order valence-electron chi connectivity index (χ3n) is 3.28. The van der Waals surface area contributed by atoms with Crippen LogP contribution in [0.25, 0.3) is 0 Å². The van der Waals surface area contributed by atoms with E-state index in [0.29, 0.717) is 29.5 Å². The summed E-state index contributed by atoms with van der Waals surface area (Å²) < 4.78 is 44.6. The van der Waals surface area contributed by atoms with Gasteiger partial charge in [-0.05, 0) is 32.3 Å². The number of nitrogens with one attached hydrogen (secondary N) is 2. The van der Waals surface area contributed by atoms with Crippen molar-refractivity contribution in [3.63, 3.8) is 0 Å². The number of ether oxygens (including phenoxy) is 1. The number of rotatable bonds is 7. The average molecular weight is 390 g/mol. The Morgan fingerprint density at radius 2 is 1.92 bits per heavy atom. The van der Waals surface area contributed by atoms with Gasteiger partial charge in [0, 0.05) is 24.2 Å². The van der Waals surface area contributed by atoms with E-state index in [4.69, 9.17) is 16.3 Å². The SMILES string of the molecule is COc1ccc(Cl)cc1Nc1cc(C(F)(F)F)nc(NCCN(C)C)n1. The van der Waals surface area contributed by atoms with Crippen molar-refractivity contribution >= 4 is 29.1 Å². The minimum atomic E-state index is -4.60. The molecule has 1 heterocycles. The van der Waals surface area contributed by atoms with Crippen LogP contribution < -0.4 is 15.4 Å². The van der Waals surface area contributed by atoms with Crippen LogP contribution >= 0.6 is 11.6 Å². The second-order valence-corrected chi connectivity index (χ2v) is 6.10. The van der Waals surface area contributed by atoms with E-state index in [-0.39, 0.29) is 11.8 Å². The molecule has 0 spiro atoms. The van der Waals surface area contributed by atoms with Gasteiger partial charge in [0.2, 0.25) is 5.95 Å². The van der Waals surface area contributed by atoms with Crippen LogP contribution in [0.1, 0.15) is 5.69 Å². The van der Waals surface area contributed by atoms with Crippen LogP contribution in [0.4, 0.5) is 30.6 Å². The van der Waals surface area contributed by atoms with Crippen LogP contribution in [0.3, 0.4) is 0 Å². The number of likely N-dealkylation sites (N-methyl/N-ethyl adjacent to an activating group) is 1. The van der Waals surface area contributed by atoms with Crippen molar-refractivity contribution in [3.8, 4) is 5.75 Å². The number of nitrogens with zero attached hydrogens (tertiary/aromatic N) is 3. The molecule has 10 heteroatoms. The topological polar surface area (TPSA) is 62.3 Å². The highest BCUT2D eigenvalue weighted by molar-refractivity contribution is 6.31. The summed E-state index contributed by atoms with van der Waals surface area (Å²) in [6.45, 7) is 1.01. The lowest BCUT2D eigenvalue weighted by atomic mass is 10.3. The Morgan fingerprint density at radius 3 is 2.54 bits per heavy atom. The van der Waals surface area contributed by atoms with Crippen LogP contribution in [0.5, 0.6) is 5.75 Å². The van der Waals surface area contributed by atoms with Crippen LogP contribution in [0.15, 0.2) is 24.3 Å². The van der Waals surface area contributed by atoms with Gasteiger partial charge in [-0.2, -0.15) is 18.2 Å². The smallest absolute Gasteiger partial charge is 0.433 e. The first-order chi connectivity index (χ1) is 12.2. The van der Waals surface area contributed by atoms with Crippen LogP contribution in [-0.4, -0.2) is 49.2 Å². The third kappa shape index (κ3) is 5.63. The number of hydrogen-bond acceptors (Lipinski definition) is 6. The van der Waals surface area contributed by atoms with Gasteiger partial charge in [0.1, 0.15) is 11.6 Å². The molecule has 0 saturated heterocycles. The molecule has 0 aliphatic rings. The van der Waals surface area contributed by atoms with E-state index in [1.165, 1.54) is 13.2 Å². The van der Waals surface area contributed by atoms with Crippen molar-refractivity contribution in [2.24, 2.45) is 0 Å². The van der Waals surface area contributed by atoms with E-state index in [0.717, 1.165) is 6.07 Å². The summed E-state index contributed by atoms with van der Waals surface area (Å²) in [5.74, 6) is 0.272. The van der Waals surface area contributed by atoms with Gasteiger partial charge in [0.15, 0.2) is 5.69 Å². The van der Waals surface area contributed by atoms with Crippen molar-refractivity contribution in [1.82, 2.24) is 14.9 Å². The van der Waals surface area contributed by atoms with Crippen molar-refractivity contribution in [2.45, 2.75) is 6.18 Å². The quantitative estimate of drug-likeness (QED) is 0.749. The zero-order chi connectivity index (χ0) is 19.3. The lowest BCUT2D eigenvalue weighted by Crippen LogP contribution is -2.22. The normalized spacial score (nSPS) is 11.5. The van der Waals surface area contributed by atoms with Gasteiger partial charge in [-0.3, -0.25) is 0 Å². The first kappa shape index (κ1) is 20.1. The second kappa shape index (κ2) is 8.41. The number of halogens is 4. The second-order valence-electron chi connectivity index (χ2n) is 5.66. The number of methoxy groups -OCH3 is 1. The van der Waals surface area contributed by atoms with Crippen LogP contribution in [0.2, 0.25) is 5.02 Å². The Hall–Kier alpha value is -2.26. The molecule has 0 saturated carbocycles. The van der Waals surface area contributed by atoms with E-state index >= 15 is 0 Å². The number of alkyl halides is 3. The Morgan fingerprint density at radius 1 is 1.19 bits per heavy atom. The predicted molar refractivity (Wildman–Crippen MR) is 95.4 cm³/mol. The zero-order valence-electron chi connectivity index (χ0n) is 14.5. The first-order valence-corrected chi connectivity index (χ1v) is 8.02. The fourth-order valence-corrected chi connectivity index (χ4v) is 2.21. The molecule has 0 bridgehead atoms. The summed E-state index contributed by atoms with van der Waals surface area (Å²) in [5, 5.41) is 6.00. The molecular weight excluding hydrogens is 371 g/mol.